The zero-order chi connectivity index (χ0) is 18.7. The third-order valence-electron chi connectivity index (χ3n) is 3.44. The van der Waals surface area contributed by atoms with Gasteiger partial charge in [0.15, 0.2) is 10.9 Å². The van der Waals surface area contributed by atoms with Crippen LogP contribution >= 0.6 is 47.0 Å². The number of rotatable bonds is 4. The second-order valence-corrected chi connectivity index (χ2v) is 6.96. The van der Waals surface area contributed by atoms with Gasteiger partial charge in [-0.05, 0) is 42.5 Å². The summed E-state index contributed by atoms with van der Waals surface area (Å²) in [4.78, 5) is 0. The SMILES string of the molecule is Fc1cccc(Cl)c1Cn1ccc(NC(=S)Nc2cc(Cl)ccc2Cl)n1. The quantitative estimate of drug-likeness (QED) is 0.511. The Morgan fingerprint density at radius 3 is 2.65 bits per heavy atom. The minimum atomic E-state index is -0.379. The summed E-state index contributed by atoms with van der Waals surface area (Å²) in [7, 11) is 0. The molecule has 0 atom stereocenters. The van der Waals surface area contributed by atoms with E-state index in [1.807, 2.05) is 0 Å². The predicted molar refractivity (Wildman–Crippen MR) is 109 cm³/mol. The molecule has 0 spiro atoms. The van der Waals surface area contributed by atoms with Gasteiger partial charge in [-0.15, -0.1) is 0 Å². The topological polar surface area (TPSA) is 41.9 Å². The van der Waals surface area contributed by atoms with Crippen molar-refractivity contribution in [2.75, 3.05) is 10.6 Å². The van der Waals surface area contributed by atoms with Gasteiger partial charge in [0, 0.05) is 27.9 Å². The normalized spacial score (nSPS) is 10.6. The standard InChI is InChI=1S/C17H12Cl3FN4S/c18-10-4-5-13(20)15(8-10)22-17(26)23-16-6-7-25(24-16)9-11-12(19)2-1-3-14(11)21/h1-8H,9H2,(H2,22,23,24,26). The van der Waals surface area contributed by atoms with Crippen LogP contribution in [0.25, 0.3) is 0 Å². The first-order chi connectivity index (χ1) is 12.4. The number of thiocarbonyl (C=S) groups is 1. The number of hydrogen-bond donors (Lipinski definition) is 2. The Morgan fingerprint density at radius 2 is 1.88 bits per heavy atom. The van der Waals surface area contributed by atoms with Crippen LogP contribution in [0, 0.1) is 5.82 Å². The Hall–Kier alpha value is -1.86. The number of halogens is 4. The van der Waals surface area contributed by atoms with Gasteiger partial charge in [-0.1, -0.05) is 40.9 Å². The molecule has 0 saturated heterocycles. The van der Waals surface area contributed by atoms with Gasteiger partial charge in [0.1, 0.15) is 5.82 Å². The third-order valence-corrected chi connectivity index (χ3v) is 4.56. The zero-order valence-electron chi connectivity index (χ0n) is 13.1. The fourth-order valence-electron chi connectivity index (χ4n) is 2.22. The average molecular weight is 430 g/mol. The Kier molecular flexibility index (Phi) is 5.98. The van der Waals surface area contributed by atoms with Crippen molar-refractivity contribution in [1.82, 2.24) is 9.78 Å². The van der Waals surface area contributed by atoms with Gasteiger partial charge in [-0.3, -0.25) is 4.68 Å². The van der Waals surface area contributed by atoms with Crippen molar-refractivity contribution < 1.29 is 4.39 Å². The second-order valence-electron chi connectivity index (χ2n) is 5.30. The lowest BCUT2D eigenvalue weighted by molar-refractivity contribution is 0.586. The maximum absolute atomic E-state index is 13.9. The molecule has 0 saturated carbocycles. The number of nitrogens with zero attached hydrogens (tertiary/aromatic N) is 2. The minimum Gasteiger partial charge on any atom is -0.331 e. The van der Waals surface area contributed by atoms with E-state index >= 15 is 0 Å². The van der Waals surface area contributed by atoms with E-state index in [4.69, 9.17) is 47.0 Å². The molecule has 0 amide bonds. The van der Waals surface area contributed by atoms with Crippen LogP contribution in [0.4, 0.5) is 15.9 Å². The van der Waals surface area contributed by atoms with Crippen LogP contribution < -0.4 is 10.6 Å². The molecular weight excluding hydrogens is 418 g/mol. The third kappa shape index (κ3) is 4.65. The van der Waals surface area contributed by atoms with Crippen molar-refractivity contribution in [3.63, 3.8) is 0 Å². The van der Waals surface area contributed by atoms with Crippen molar-refractivity contribution in [3.05, 3.63) is 75.1 Å². The molecule has 2 aromatic carbocycles. The van der Waals surface area contributed by atoms with Gasteiger partial charge in [0.2, 0.25) is 0 Å². The lowest BCUT2D eigenvalue weighted by Crippen LogP contribution is -2.19. The van der Waals surface area contributed by atoms with E-state index in [9.17, 15) is 4.39 Å². The van der Waals surface area contributed by atoms with Gasteiger partial charge in [0.25, 0.3) is 0 Å². The predicted octanol–water partition coefficient (Wildman–Crippen LogP) is 5.84. The Balaban J connectivity index is 1.66. The van der Waals surface area contributed by atoms with Gasteiger partial charge in [-0.25, -0.2) is 4.39 Å². The highest BCUT2D eigenvalue weighted by atomic mass is 35.5. The number of benzene rings is 2. The highest BCUT2D eigenvalue weighted by Gasteiger charge is 2.10. The molecule has 4 nitrogen and oxygen atoms in total. The minimum absolute atomic E-state index is 0.202. The van der Waals surface area contributed by atoms with Gasteiger partial charge >= 0.3 is 0 Å². The van der Waals surface area contributed by atoms with E-state index in [1.54, 1.807) is 47.3 Å². The molecule has 26 heavy (non-hydrogen) atoms. The van der Waals surface area contributed by atoms with Crippen LogP contribution in [0.5, 0.6) is 0 Å². The number of nitrogens with one attached hydrogen (secondary N) is 2. The highest BCUT2D eigenvalue weighted by Crippen LogP contribution is 2.25. The monoisotopic (exact) mass is 428 g/mol. The second kappa shape index (κ2) is 8.22. The summed E-state index contributed by atoms with van der Waals surface area (Å²) in [6.45, 7) is 0.202. The van der Waals surface area contributed by atoms with Crippen LogP contribution in [0.3, 0.4) is 0 Å². The van der Waals surface area contributed by atoms with Gasteiger partial charge < -0.3 is 10.6 Å². The van der Waals surface area contributed by atoms with Crippen LogP contribution in [0.15, 0.2) is 48.7 Å². The Bertz CT molecular complexity index is 941. The fraction of sp³-hybridized carbons (Fsp3) is 0.0588. The first-order valence-corrected chi connectivity index (χ1v) is 8.96. The lowest BCUT2D eigenvalue weighted by Gasteiger charge is -2.10. The molecule has 0 radical (unpaired) electrons. The lowest BCUT2D eigenvalue weighted by atomic mass is 10.2. The molecule has 2 N–H and O–H groups in total. The maximum Gasteiger partial charge on any atom is 0.176 e. The molecule has 3 aromatic rings. The van der Waals surface area contributed by atoms with Crippen LogP contribution in [-0.4, -0.2) is 14.9 Å². The molecule has 134 valence electrons. The average Bonchev–Trinajstić information content (AvgIpc) is 3.01. The number of aromatic nitrogens is 2. The summed E-state index contributed by atoms with van der Waals surface area (Å²) in [5.41, 5.74) is 0.949. The van der Waals surface area contributed by atoms with E-state index in [0.29, 0.717) is 37.2 Å². The molecule has 1 heterocycles. The van der Waals surface area contributed by atoms with Crippen molar-refractivity contribution >= 4 is 63.6 Å². The molecule has 3 rings (SSSR count). The van der Waals surface area contributed by atoms with E-state index in [1.165, 1.54) is 6.07 Å². The van der Waals surface area contributed by atoms with Crippen molar-refractivity contribution in [2.45, 2.75) is 6.54 Å². The summed E-state index contributed by atoms with van der Waals surface area (Å²) in [6, 6.07) is 11.3. The molecular formula is C17H12Cl3FN4S. The van der Waals surface area contributed by atoms with Crippen LogP contribution in [0.2, 0.25) is 15.1 Å². The number of anilines is 2. The van der Waals surface area contributed by atoms with Crippen molar-refractivity contribution in [3.8, 4) is 0 Å². The summed E-state index contributed by atoms with van der Waals surface area (Å²) in [5.74, 6) is 0.114. The summed E-state index contributed by atoms with van der Waals surface area (Å²) >= 11 is 23.3. The van der Waals surface area contributed by atoms with Crippen LogP contribution in [0.1, 0.15) is 5.56 Å². The molecule has 1 aromatic heterocycles. The Labute approximate surface area is 169 Å². The molecule has 0 fully saturated rings. The van der Waals surface area contributed by atoms with Gasteiger partial charge in [0.05, 0.1) is 17.3 Å². The first-order valence-electron chi connectivity index (χ1n) is 7.42. The Morgan fingerprint density at radius 1 is 1.08 bits per heavy atom. The van der Waals surface area contributed by atoms with E-state index in [2.05, 4.69) is 15.7 Å². The molecule has 0 aliphatic carbocycles. The highest BCUT2D eigenvalue weighted by molar-refractivity contribution is 7.80. The van der Waals surface area contributed by atoms with Crippen molar-refractivity contribution in [2.24, 2.45) is 0 Å². The zero-order valence-corrected chi connectivity index (χ0v) is 16.2. The molecule has 0 bridgehead atoms. The molecule has 0 unspecified atom stereocenters. The van der Waals surface area contributed by atoms with Gasteiger partial charge in [-0.2, -0.15) is 5.10 Å². The molecule has 9 heteroatoms. The maximum atomic E-state index is 13.9. The fourth-order valence-corrected chi connectivity index (χ4v) is 3.00. The largest absolute Gasteiger partial charge is 0.331 e. The van der Waals surface area contributed by atoms with E-state index in [0.717, 1.165) is 0 Å². The first kappa shape index (κ1) is 18.9. The van der Waals surface area contributed by atoms with Crippen LogP contribution in [-0.2, 0) is 6.54 Å². The molecule has 0 aliphatic rings. The summed E-state index contributed by atoms with van der Waals surface area (Å²) < 4.78 is 15.4. The van der Waals surface area contributed by atoms with Crippen molar-refractivity contribution in [1.29, 1.82) is 0 Å². The smallest absolute Gasteiger partial charge is 0.176 e. The summed E-state index contributed by atoms with van der Waals surface area (Å²) in [5, 5.41) is 11.8. The van der Waals surface area contributed by atoms with E-state index in [-0.39, 0.29) is 12.4 Å². The molecule has 0 aliphatic heterocycles. The number of hydrogen-bond acceptors (Lipinski definition) is 2. The van der Waals surface area contributed by atoms with E-state index < -0.39 is 0 Å². The summed E-state index contributed by atoms with van der Waals surface area (Å²) in [6.07, 6.45) is 1.69.